The molecule has 3 aromatic rings. The Morgan fingerprint density at radius 1 is 0.778 bits per heavy atom. The Morgan fingerprint density at radius 2 is 1.33 bits per heavy atom. The van der Waals surface area contributed by atoms with E-state index >= 15 is 0 Å². The summed E-state index contributed by atoms with van der Waals surface area (Å²) in [6.07, 6.45) is 13.4. The number of rotatable bonds is 0. The van der Waals surface area contributed by atoms with Crippen LogP contribution in [0.5, 0.6) is 0 Å². The van der Waals surface area contributed by atoms with Crippen LogP contribution in [0.4, 0.5) is 0 Å². The summed E-state index contributed by atoms with van der Waals surface area (Å²) >= 11 is 0. The Morgan fingerprint density at radius 3 is 1.96 bits per heavy atom. The molecule has 4 heteroatoms. The molecule has 3 aliphatic rings. The van der Waals surface area contributed by atoms with E-state index in [1.807, 2.05) is 18.6 Å². The van der Waals surface area contributed by atoms with Crippen molar-refractivity contribution in [1.29, 1.82) is 0 Å². The lowest BCUT2D eigenvalue weighted by atomic mass is 10.0. The Kier molecular flexibility index (Phi) is 2.89. The Labute approximate surface area is 158 Å². The van der Waals surface area contributed by atoms with Gasteiger partial charge in [-0.2, -0.15) is 0 Å². The van der Waals surface area contributed by atoms with Gasteiger partial charge in [0.1, 0.15) is 0 Å². The minimum atomic E-state index is -2.38. The molecule has 0 saturated carbocycles. The maximum Gasteiger partial charge on any atom is 0.187 e. The van der Waals surface area contributed by atoms with E-state index in [0.717, 1.165) is 17.8 Å². The second kappa shape index (κ2) is 5.21. The fourth-order valence-electron chi connectivity index (χ4n) is 5.02. The smallest absolute Gasteiger partial charge is 0.187 e. The van der Waals surface area contributed by atoms with E-state index in [2.05, 4.69) is 61.5 Å². The van der Waals surface area contributed by atoms with Gasteiger partial charge >= 0.3 is 0 Å². The number of nitrogens with zero attached hydrogens (tertiary/aromatic N) is 3. The van der Waals surface area contributed by atoms with E-state index < -0.39 is 8.07 Å². The summed E-state index contributed by atoms with van der Waals surface area (Å²) in [6, 6.07) is 13.0. The van der Waals surface area contributed by atoms with Crippen LogP contribution < -0.4 is 15.6 Å². The number of hydrogen-bond acceptors (Lipinski definition) is 3. The highest BCUT2D eigenvalue weighted by atomic mass is 28.3. The number of fused-ring (bicyclic) bond motifs is 9. The van der Waals surface area contributed by atoms with Crippen LogP contribution in [0, 0.1) is 0 Å². The minimum absolute atomic E-state index is 0.951. The first-order valence-electron chi connectivity index (χ1n) is 9.26. The zero-order valence-electron chi connectivity index (χ0n) is 15.0. The van der Waals surface area contributed by atoms with E-state index in [1.165, 1.54) is 37.6 Å². The van der Waals surface area contributed by atoms with Crippen LogP contribution in [0.25, 0.3) is 17.0 Å². The van der Waals surface area contributed by atoms with Gasteiger partial charge in [-0.05, 0) is 57.9 Å². The van der Waals surface area contributed by atoms with Crippen molar-refractivity contribution in [2.75, 3.05) is 0 Å². The van der Waals surface area contributed by atoms with Crippen molar-refractivity contribution in [3.8, 4) is 11.4 Å². The quantitative estimate of drug-likeness (QED) is 0.576. The average molecular weight is 363 g/mol. The Bertz CT molecular complexity index is 1170. The van der Waals surface area contributed by atoms with Crippen molar-refractivity contribution < 1.29 is 0 Å². The number of pyridine rings is 3. The Balaban J connectivity index is 1.82. The molecule has 5 heterocycles. The molecule has 0 atom stereocenters. The molecule has 3 nitrogen and oxygen atoms in total. The molecular formula is C23H17N3Si. The van der Waals surface area contributed by atoms with Crippen molar-refractivity contribution in [2.45, 2.75) is 13.3 Å². The molecule has 1 aliphatic carbocycles. The van der Waals surface area contributed by atoms with Gasteiger partial charge in [-0.15, -0.1) is 0 Å². The van der Waals surface area contributed by atoms with Gasteiger partial charge in [0, 0.05) is 18.6 Å². The maximum atomic E-state index is 4.86. The van der Waals surface area contributed by atoms with Crippen LogP contribution in [-0.4, -0.2) is 23.0 Å². The second-order valence-corrected chi connectivity index (χ2v) is 11.0. The molecule has 2 aliphatic heterocycles. The predicted octanol–water partition coefficient (Wildman–Crippen LogP) is 2.53. The first-order chi connectivity index (χ1) is 13.3. The highest BCUT2D eigenvalue weighted by Crippen LogP contribution is 2.41. The minimum Gasteiger partial charge on any atom is -0.257 e. The molecule has 6 rings (SSSR count). The van der Waals surface area contributed by atoms with Gasteiger partial charge in [0.15, 0.2) is 8.07 Å². The van der Waals surface area contributed by atoms with Crippen LogP contribution in [0.15, 0.2) is 84.0 Å². The second-order valence-electron chi connectivity index (χ2n) is 7.39. The van der Waals surface area contributed by atoms with E-state index in [-0.39, 0.29) is 0 Å². The molecule has 0 unspecified atom stereocenters. The molecule has 0 fully saturated rings. The SMILES string of the molecule is CC1=CC=CC2=C(C1)c1ncccc1[Si]21c2cccnc2-c2ncccc21. The molecule has 0 aromatic carbocycles. The van der Waals surface area contributed by atoms with Gasteiger partial charge in [0.05, 0.1) is 17.1 Å². The monoisotopic (exact) mass is 363 g/mol. The summed E-state index contributed by atoms with van der Waals surface area (Å²) in [5.74, 6) is 0. The largest absolute Gasteiger partial charge is 0.257 e. The fraction of sp³-hybridized carbons (Fsp3) is 0.0870. The van der Waals surface area contributed by atoms with Crippen LogP contribution in [0.1, 0.15) is 19.0 Å². The van der Waals surface area contributed by atoms with E-state index in [1.54, 1.807) is 0 Å². The van der Waals surface area contributed by atoms with E-state index in [0.29, 0.717) is 0 Å². The summed E-state index contributed by atoms with van der Waals surface area (Å²) in [7, 11) is -2.38. The van der Waals surface area contributed by atoms with Crippen molar-refractivity contribution >= 4 is 29.2 Å². The first kappa shape index (κ1) is 15.0. The molecule has 3 aromatic heterocycles. The lowest BCUT2D eigenvalue weighted by Crippen LogP contribution is -2.65. The topological polar surface area (TPSA) is 38.7 Å². The van der Waals surface area contributed by atoms with Gasteiger partial charge in [-0.25, -0.2) is 0 Å². The molecule has 0 radical (unpaired) electrons. The fourth-order valence-corrected chi connectivity index (χ4v) is 10.4. The molecule has 1 spiro atoms. The Hall–Kier alpha value is -3.11. The molecule has 0 bridgehead atoms. The molecule has 0 N–H and O–H groups in total. The van der Waals surface area contributed by atoms with Crippen molar-refractivity contribution in [3.05, 3.63) is 89.7 Å². The van der Waals surface area contributed by atoms with Crippen molar-refractivity contribution in [1.82, 2.24) is 15.0 Å². The maximum absolute atomic E-state index is 4.86. The third-order valence-electron chi connectivity index (χ3n) is 5.97. The molecule has 0 amide bonds. The van der Waals surface area contributed by atoms with Crippen LogP contribution >= 0.6 is 0 Å². The highest BCUT2D eigenvalue weighted by Gasteiger charge is 2.56. The summed E-state index contributed by atoms with van der Waals surface area (Å²) in [4.78, 5) is 14.4. The van der Waals surface area contributed by atoms with E-state index in [4.69, 9.17) is 15.0 Å². The normalized spacial score (nSPS) is 17.9. The van der Waals surface area contributed by atoms with Gasteiger partial charge in [0.25, 0.3) is 0 Å². The number of hydrogen-bond donors (Lipinski definition) is 0. The predicted molar refractivity (Wildman–Crippen MR) is 111 cm³/mol. The zero-order chi connectivity index (χ0) is 18.0. The van der Waals surface area contributed by atoms with Crippen LogP contribution in [0.3, 0.4) is 0 Å². The summed E-state index contributed by atoms with van der Waals surface area (Å²) in [6.45, 7) is 2.20. The molecule has 0 saturated heterocycles. The van der Waals surface area contributed by atoms with Crippen molar-refractivity contribution in [3.63, 3.8) is 0 Å². The zero-order valence-corrected chi connectivity index (χ0v) is 16.0. The molecular weight excluding hydrogens is 346 g/mol. The summed E-state index contributed by atoms with van der Waals surface area (Å²) in [5.41, 5.74) is 6.02. The first-order valence-corrected chi connectivity index (χ1v) is 11.3. The van der Waals surface area contributed by atoms with Crippen molar-refractivity contribution in [2.24, 2.45) is 0 Å². The van der Waals surface area contributed by atoms with Crippen LogP contribution in [0.2, 0.25) is 0 Å². The summed E-state index contributed by atoms with van der Waals surface area (Å²) < 4.78 is 0. The van der Waals surface area contributed by atoms with Gasteiger partial charge < -0.3 is 0 Å². The highest BCUT2D eigenvalue weighted by molar-refractivity contribution is 7.20. The van der Waals surface area contributed by atoms with Gasteiger partial charge in [-0.3, -0.25) is 15.0 Å². The van der Waals surface area contributed by atoms with Gasteiger partial charge in [-0.1, -0.05) is 42.0 Å². The lowest BCUT2D eigenvalue weighted by molar-refractivity contribution is 1.19. The van der Waals surface area contributed by atoms with E-state index in [9.17, 15) is 0 Å². The summed E-state index contributed by atoms with van der Waals surface area (Å²) in [5, 5.41) is 5.53. The third kappa shape index (κ3) is 1.73. The third-order valence-corrected chi connectivity index (χ3v) is 10.9. The van der Waals surface area contributed by atoms with Gasteiger partial charge in [0.2, 0.25) is 0 Å². The average Bonchev–Trinajstić information content (AvgIpc) is 3.06. The lowest BCUT2D eigenvalue weighted by Gasteiger charge is -2.27. The number of allylic oxidation sites excluding steroid dienone is 6. The standard InChI is InChI=1S/C23H17N3Si/c1-15-6-2-7-17-16(14-15)21-18(8-3-11-24-21)27(17)19-9-4-12-25-22(19)23-20(27)10-5-13-26-23/h2-13H,14H2,1H3. The van der Waals surface area contributed by atoms with Crippen LogP contribution in [-0.2, 0) is 0 Å². The molecule has 128 valence electrons. The number of aromatic nitrogens is 3. The molecule has 27 heavy (non-hydrogen) atoms.